The van der Waals surface area contributed by atoms with Crippen LogP contribution in [0.5, 0.6) is 5.75 Å². The van der Waals surface area contributed by atoms with Gasteiger partial charge in [-0.25, -0.2) is 13.2 Å². The minimum atomic E-state index is -4.10. The lowest BCUT2D eigenvalue weighted by Crippen LogP contribution is -2.41. The average molecular weight is 656 g/mol. The summed E-state index contributed by atoms with van der Waals surface area (Å²) in [6.07, 6.45) is 0.728. The van der Waals surface area contributed by atoms with E-state index in [0.29, 0.717) is 41.6 Å². The molecule has 2 aromatic heterocycles. The van der Waals surface area contributed by atoms with Gasteiger partial charge in [-0.15, -0.1) is 11.3 Å². The normalized spacial score (nSPS) is 12.3. The molecule has 1 amide bonds. The van der Waals surface area contributed by atoms with Crippen LogP contribution in [0.15, 0.2) is 74.4 Å². The van der Waals surface area contributed by atoms with Crippen LogP contribution >= 0.6 is 11.3 Å². The number of thiophene rings is 1. The maximum atomic E-state index is 13.3. The predicted molar refractivity (Wildman–Crippen MR) is 170 cm³/mol. The van der Waals surface area contributed by atoms with Crippen LogP contribution in [-0.2, 0) is 26.1 Å². The van der Waals surface area contributed by atoms with E-state index in [1.165, 1.54) is 25.3 Å². The number of hydrogen-bond donors (Lipinski definition) is 4. The number of nitrogens with one attached hydrogen (secondary N) is 3. The van der Waals surface area contributed by atoms with Crippen molar-refractivity contribution in [3.8, 4) is 17.2 Å². The molecule has 5 N–H and O–H groups in total. The number of nitrogens with zero attached hydrogens (tertiary/aromatic N) is 3. The minimum absolute atomic E-state index is 0.0453. The van der Waals surface area contributed by atoms with Crippen molar-refractivity contribution >= 4 is 50.4 Å². The maximum Gasteiger partial charge on any atom is 0.328 e. The highest BCUT2D eigenvalue weighted by Gasteiger charge is 2.25. The number of aromatic nitrogens is 2. The van der Waals surface area contributed by atoms with E-state index >= 15 is 0 Å². The molecule has 16 heteroatoms. The molecule has 1 atom stereocenters. The number of amides is 1. The van der Waals surface area contributed by atoms with Crippen LogP contribution < -0.4 is 25.8 Å². The summed E-state index contributed by atoms with van der Waals surface area (Å²) >= 11 is 1.03. The Hall–Kier alpha value is -4.96. The first kappa shape index (κ1) is 32.9. The zero-order valence-corrected chi connectivity index (χ0v) is 26.4. The largest absolute Gasteiger partial charge is 0.496 e. The third-order valence-electron chi connectivity index (χ3n) is 6.32. The van der Waals surface area contributed by atoms with Gasteiger partial charge in [-0.05, 0) is 61.5 Å². The molecular weight excluding hydrogens is 622 g/mol. The van der Waals surface area contributed by atoms with Crippen LogP contribution in [0.3, 0.4) is 0 Å². The quantitative estimate of drug-likeness (QED) is 0.0631. The van der Waals surface area contributed by atoms with Crippen LogP contribution in [0.2, 0.25) is 0 Å². The zero-order valence-electron chi connectivity index (χ0n) is 24.8. The van der Waals surface area contributed by atoms with Crippen molar-refractivity contribution in [1.82, 2.24) is 15.5 Å². The SMILES string of the molecule is COC(=O)[C@H](CCCN=C(C)N)NC(=O)c1sccc1NS(=O)(=O)c1cccc(NCc2noc(-c3ccccc3OC)n2)c1. The average Bonchev–Trinajstić information content (AvgIpc) is 3.70. The molecule has 2 aromatic carbocycles. The summed E-state index contributed by atoms with van der Waals surface area (Å²) in [6, 6.07) is 13.9. The first-order valence-corrected chi connectivity index (χ1v) is 16.0. The van der Waals surface area contributed by atoms with Crippen LogP contribution in [0.4, 0.5) is 11.4 Å². The number of para-hydroxylation sites is 1. The third kappa shape index (κ3) is 8.79. The molecule has 0 radical (unpaired) electrons. The van der Waals surface area contributed by atoms with Crippen molar-refractivity contribution in [2.45, 2.75) is 37.2 Å². The standard InChI is InChI=1S/C29H33N7O7S2/c1-18(30)31-14-7-11-23(29(38)42-3)33-27(37)26-22(13-15-44-26)36-45(39,40)20-9-6-8-19(16-20)32-17-25-34-28(43-35-25)21-10-4-5-12-24(21)41-2/h4-6,8-10,12-13,15-16,23,32,36H,7,11,14,17H2,1-3H3,(H2,30,31)(H,33,37)/t23-/m0/s1. The minimum Gasteiger partial charge on any atom is -0.496 e. The molecule has 0 fully saturated rings. The van der Waals surface area contributed by atoms with E-state index in [2.05, 4.69) is 30.5 Å². The van der Waals surface area contributed by atoms with Gasteiger partial charge in [0.25, 0.3) is 21.8 Å². The Bertz CT molecular complexity index is 1770. The number of amidine groups is 1. The molecule has 0 bridgehead atoms. The summed E-state index contributed by atoms with van der Waals surface area (Å²) < 4.78 is 44.6. The second-order valence-electron chi connectivity index (χ2n) is 9.58. The second-order valence-corrected chi connectivity index (χ2v) is 12.2. The van der Waals surface area contributed by atoms with Crippen molar-refractivity contribution in [3.05, 3.63) is 70.7 Å². The van der Waals surface area contributed by atoms with Crippen LogP contribution in [-0.4, -0.2) is 63.1 Å². The van der Waals surface area contributed by atoms with Crippen molar-refractivity contribution in [1.29, 1.82) is 0 Å². The zero-order chi connectivity index (χ0) is 32.4. The lowest BCUT2D eigenvalue weighted by molar-refractivity contribution is -0.143. The van der Waals surface area contributed by atoms with Crippen LogP contribution in [0, 0.1) is 0 Å². The number of anilines is 2. The van der Waals surface area contributed by atoms with Gasteiger partial charge in [0.15, 0.2) is 5.82 Å². The van der Waals surface area contributed by atoms with E-state index in [4.69, 9.17) is 19.7 Å². The first-order valence-electron chi connectivity index (χ1n) is 13.7. The number of carbonyl (C=O) groups is 2. The van der Waals surface area contributed by atoms with Crippen molar-refractivity contribution in [2.75, 3.05) is 30.8 Å². The highest BCUT2D eigenvalue weighted by atomic mass is 32.2. The summed E-state index contributed by atoms with van der Waals surface area (Å²) in [6.45, 7) is 2.19. The Kier molecular flexibility index (Phi) is 11.1. The molecule has 2 heterocycles. The number of methoxy groups -OCH3 is 2. The number of benzene rings is 2. The monoisotopic (exact) mass is 655 g/mol. The maximum absolute atomic E-state index is 13.3. The topological polar surface area (TPSA) is 200 Å². The van der Waals surface area contributed by atoms with Crippen molar-refractivity contribution in [2.24, 2.45) is 10.7 Å². The van der Waals surface area contributed by atoms with Gasteiger partial charge >= 0.3 is 5.97 Å². The summed E-state index contributed by atoms with van der Waals surface area (Å²) in [7, 11) is -1.34. The van der Waals surface area contributed by atoms with E-state index in [1.54, 1.807) is 43.7 Å². The van der Waals surface area contributed by atoms with Crippen molar-refractivity contribution < 1.29 is 32.0 Å². The molecule has 0 spiro atoms. The van der Waals surface area contributed by atoms with Gasteiger partial charge in [0.2, 0.25) is 0 Å². The molecule has 0 saturated carbocycles. The summed E-state index contributed by atoms with van der Waals surface area (Å²) in [5, 5.41) is 11.3. The number of ether oxygens (including phenoxy) is 2. The second kappa shape index (κ2) is 15.2. The van der Waals surface area contributed by atoms with E-state index in [0.717, 1.165) is 11.3 Å². The molecular formula is C29H33N7O7S2. The lowest BCUT2D eigenvalue weighted by Gasteiger charge is -2.16. The van der Waals surface area contributed by atoms with E-state index < -0.39 is 27.9 Å². The smallest absolute Gasteiger partial charge is 0.328 e. The van der Waals surface area contributed by atoms with Gasteiger partial charge in [0.1, 0.15) is 16.7 Å². The number of esters is 1. The van der Waals surface area contributed by atoms with Gasteiger partial charge < -0.3 is 30.4 Å². The van der Waals surface area contributed by atoms with E-state index in [9.17, 15) is 18.0 Å². The fourth-order valence-electron chi connectivity index (χ4n) is 4.15. The molecule has 0 saturated heterocycles. The van der Waals surface area contributed by atoms with Crippen LogP contribution in [0.1, 0.15) is 35.3 Å². The number of rotatable bonds is 15. The fraction of sp³-hybridized carbons (Fsp3) is 0.276. The van der Waals surface area contributed by atoms with Gasteiger partial charge in [-0.3, -0.25) is 14.5 Å². The van der Waals surface area contributed by atoms with Gasteiger partial charge in [-0.2, -0.15) is 4.98 Å². The highest BCUT2D eigenvalue weighted by Crippen LogP contribution is 2.29. The molecule has 45 heavy (non-hydrogen) atoms. The lowest BCUT2D eigenvalue weighted by atomic mass is 10.1. The Morgan fingerprint density at radius 3 is 2.69 bits per heavy atom. The molecule has 0 aliphatic heterocycles. The number of sulfonamides is 1. The molecule has 0 aliphatic rings. The predicted octanol–water partition coefficient (Wildman–Crippen LogP) is 3.65. The van der Waals surface area contributed by atoms with E-state index in [1.807, 2.05) is 12.1 Å². The van der Waals surface area contributed by atoms with Gasteiger partial charge in [-0.1, -0.05) is 23.4 Å². The van der Waals surface area contributed by atoms with Gasteiger partial charge in [0, 0.05) is 12.2 Å². The Labute approximate surface area is 264 Å². The molecule has 14 nitrogen and oxygen atoms in total. The molecule has 238 valence electrons. The van der Waals surface area contributed by atoms with Gasteiger partial charge in [0.05, 0.1) is 42.7 Å². The summed E-state index contributed by atoms with van der Waals surface area (Å²) in [4.78, 5) is 33.9. The highest BCUT2D eigenvalue weighted by molar-refractivity contribution is 7.92. The number of carbonyl (C=O) groups excluding carboxylic acids is 2. The Morgan fingerprint density at radius 2 is 1.93 bits per heavy atom. The summed E-state index contributed by atoms with van der Waals surface area (Å²) in [5.74, 6) is 0.384. The number of nitrogens with two attached hydrogens (primary N) is 1. The third-order valence-corrected chi connectivity index (χ3v) is 8.60. The van der Waals surface area contributed by atoms with E-state index in [-0.39, 0.29) is 34.3 Å². The first-order chi connectivity index (χ1) is 21.6. The molecule has 0 aliphatic carbocycles. The number of aliphatic imine (C=N–C) groups is 1. The van der Waals surface area contributed by atoms with Crippen molar-refractivity contribution in [3.63, 3.8) is 0 Å². The van der Waals surface area contributed by atoms with Crippen LogP contribution in [0.25, 0.3) is 11.5 Å². The Morgan fingerprint density at radius 1 is 1.13 bits per heavy atom. The fourth-order valence-corrected chi connectivity index (χ4v) is 6.08. The molecule has 0 unspecified atom stereocenters. The molecule has 4 aromatic rings. The Balaban J connectivity index is 1.41. The molecule has 4 rings (SSSR count). The summed E-state index contributed by atoms with van der Waals surface area (Å²) in [5.41, 5.74) is 6.74. The number of hydrogen-bond acceptors (Lipinski definition) is 12.